The van der Waals surface area contributed by atoms with Crippen molar-refractivity contribution in [2.45, 2.75) is 10.8 Å². The summed E-state index contributed by atoms with van der Waals surface area (Å²) in [6.45, 7) is 0. The molecule has 0 radical (unpaired) electrons. The van der Waals surface area contributed by atoms with Crippen molar-refractivity contribution < 1.29 is 0 Å². The van der Waals surface area contributed by atoms with Crippen LogP contribution in [-0.4, -0.2) is 19.9 Å². The Morgan fingerprint density at radius 2 is 0.440 bits per heavy atom. The van der Waals surface area contributed by atoms with E-state index in [2.05, 4.69) is 289 Å². The smallest absolute Gasteiger partial charge is 0.0973 e. The van der Waals surface area contributed by atoms with Crippen molar-refractivity contribution in [3.63, 3.8) is 0 Å². The lowest BCUT2D eigenvalue weighted by Gasteiger charge is -2.34. The number of aromatic nitrogens is 4. The van der Waals surface area contributed by atoms with Crippen LogP contribution in [0.1, 0.15) is 44.5 Å². The first-order valence-corrected chi connectivity index (χ1v) is 28.7. The Morgan fingerprint density at radius 1 is 0.202 bits per heavy atom. The molecular formula is C80H52N4. The van der Waals surface area contributed by atoms with E-state index >= 15 is 0 Å². The van der Waals surface area contributed by atoms with Gasteiger partial charge in [-0.2, -0.15) is 0 Å². The van der Waals surface area contributed by atoms with Gasteiger partial charge < -0.3 is 0 Å². The zero-order chi connectivity index (χ0) is 55.6. The first-order valence-electron chi connectivity index (χ1n) is 28.7. The summed E-state index contributed by atoms with van der Waals surface area (Å²) in [5.41, 5.74) is 28.4. The average molecular weight is 1070 g/mol. The van der Waals surface area contributed by atoms with Crippen molar-refractivity contribution in [3.8, 4) is 89.3 Å². The van der Waals surface area contributed by atoms with Crippen LogP contribution in [0.25, 0.3) is 100 Å². The number of benzene rings is 11. The molecule has 0 fully saturated rings. The zero-order valence-electron chi connectivity index (χ0n) is 45.8. The Morgan fingerprint density at radius 3 is 0.726 bits per heavy atom. The van der Waals surface area contributed by atoms with Crippen molar-refractivity contribution in [2.75, 3.05) is 0 Å². The number of nitrogens with zero attached hydrogens (tertiary/aromatic N) is 4. The maximum absolute atomic E-state index is 5.38. The Kier molecular flexibility index (Phi) is 11.6. The lowest BCUT2D eigenvalue weighted by atomic mass is 9.67. The summed E-state index contributed by atoms with van der Waals surface area (Å²) in [6, 6.07) is 107. The van der Waals surface area contributed by atoms with Crippen molar-refractivity contribution in [1.29, 1.82) is 0 Å². The highest BCUT2D eigenvalue weighted by molar-refractivity contribution is 5.93. The van der Waals surface area contributed by atoms with Crippen LogP contribution in [0.15, 0.2) is 316 Å². The minimum Gasteiger partial charge on any atom is -0.265 e. The molecule has 84 heavy (non-hydrogen) atoms. The molecule has 4 heteroatoms. The van der Waals surface area contributed by atoms with E-state index in [1.54, 1.807) is 0 Å². The molecule has 0 atom stereocenters. The van der Waals surface area contributed by atoms with E-state index < -0.39 is 10.8 Å². The van der Waals surface area contributed by atoms with Gasteiger partial charge in [0.1, 0.15) is 0 Å². The number of rotatable bonds is 10. The Labute approximate surface area is 488 Å². The quantitative estimate of drug-likeness (QED) is 0.137. The van der Waals surface area contributed by atoms with E-state index in [4.69, 9.17) is 9.97 Å². The zero-order valence-corrected chi connectivity index (χ0v) is 45.8. The molecule has 16 rings (SSSR count). The van der Waals surface area contributed by atoms with Crippen molar-refractivity contribution in [1.82, 2.24) is 19.9 Å². The third kappa shape index (κ3) is 7.76. The van der Waals surface area contributed by atoms with Gasteiger partial charge in [0.15, 0.2) is 0 Å². The normalized spacial score (nSPS) is 13.2. The van der Waals surface area contributed by atoms with Gasteiger partial charge in [-0.1, -0.05) is 231 Å². The van der Waals surface area contributed by atoms with Crippen LogP contribution in [0.2, 0.25) is 0 Å². The largest absolute Gasteiger partial charge is 0.265 e. The molecule has 0 saturated heterocycles. The number of hydrogen-bond donors (Lipinski definition) is 0. The summed E-state index contributed by atoms with van der Waals surface area (Å²) in [5.74, 6) is 0. The predicted molar refractivity (Wildman–Crippen MR) is 342 cm³/mol. The molecule has 3 aromatic heterocycles. The minimum atomic E-state index is -0.565. The van der Waals surface area contributed by atoms with Gasteiger partial charge >= 0.3 is 0 Å². The molecule has 14 aromatic rings. The van der Waals surface area contributed by atoms with Crippen LogP contribution in [0.3, 0.4) is 0 Å². The third-order valence-electron chi connectivity index (χ3n) is 17.7. The van der Waals surface area contributed by atoms with Gasteiger partial charge in [0.25, 0.3) is 0 Å². The van der Waals surface area contributed by atoms with Gasteiger partial charge in [-0.3, -0.25) is 9.97 Å². The van der Waals surface area contributed by atoms with Crippen LogP contribution in [0, 0.1) is 0 Å². The molecule has 0 unspecified atom stereocenters. The lowest BCUT2D eigenvalue weighted by molar-refractivity contribution is 0.769. The fraction of sp³-hybridized carbons (Fsp3) is 0.0250. The highest BCUT2D eigenvalue weighted by atomic mass is 14.8. The molecule has 4 nitrogen and oxygen atoms in total. The molecule has 0 amide bonds. The van der Waals surface area contributed by atoms with Crippen LogP contribution in [-0.2, 0) is 10.8 Å². The number of hydrogen-bond acceptors (Lipinski definition) is 4. The topological polar surface area (TPSA) is 51.6 Å². The third-order valence-corrected chi connectivity index (χ3v) is 17.7. The second-order valence-electron chi connectivity index (χ2n) is 22.0. The van der Waals surface area contributed by atoms with Gasteiger partial charge in [-0.05, 0) is 172 Å². The van der Waals surface area contributed by atoms with Gasteiger partial charge in [-0.15, -0.1) is 0 Å². The summed E-state index contributed by atoms with van der Waals surface area (Å²) >= 11 is 0. The first-order chi connectivity index (χ1) is 41.6. The molecule has 0 bridgehead atoms. The van der Waals surface area contributed by atoms with E-state index in [-0.39, 0.29) is 0 Å². The van der Waals surface area contributed by atoms with Gasteiger partial charge in [-0.25, -0.2) is 9.97 Å². The standard InChI is InChI=1S/C80H52N4/c1-5-15-63(16-6-1)79(64-17-7-2-8-18-64)71-49-59(33-37-67(71)69-39-35-61(51-73(69)79)55-41-45-81-46-42-55)53-25-29-57(30-26-53)77-78(84-76-24-14-13-23-75(76)83-77)58-31-27-54(28-32-58)60-34-38-68-70-40-36-62(56-43-47-82-48-44-56)52-74(70)80(72(68)50-60,65-19-9-3-10-20-65)66-21-11-4-12-22-66/h1-52H. The lowest BCUT2D eigenvalue weighted by Crippen LogP contribution is -2.28. The molecule has 392 valence electrons. The number of pyridine rings is 2. The van der Waals surface area contributed by atoms with E-state index in [1.165, 1.54) is 77.9 Å². The maximum atomic E-state index is 5.38. The Bertz CT molecular complexity index is 4390. The number of fused-ring (bicyclic) bond motifs is 7. The summed E-state index contributed by atoms with van der Waals surface area (Å²) in [5, 5.41) is 0. The van der Waals surface area contributed by atoms with Crippen LogP contribution < -0.4 is 0 Å². The van der Waals surface area contributed by atoms with E-state index in [0.29, 0.717) is 0 Å². The molecule has 0 spiro atoms. The molecular weight excluding hydrogens is 1020 g/mol. The number of para-hydroxylation sites is 2. The van der Waals surface area contributed by atoms with Crippen molar-refractivity contribution >= 4 is 11.0 Å². The highest BCUT2D eigenvalue weighted by Gasteiger charge is 2.48. The fourth-order valence-electron chi connectivity index (χ4n) is 13.8. The second-order valence-corrected chi connectivity index (χ2v) is 22.0. The highest BCUT2D eigenvalue weighted by Crippen LogP contribution is 2.59. The maximum Gasteiger partial charge on any atom is 0.0973 e. The van der Waals surface area contributed by atoms with E-state index in [0.717, 1.165) is 66.9 Å². The summed E-state index contributed by atoms with van der Waals surface area (Å²) in [7, 11) is 0. The molecule has 0 aliphatic heterocycles. The molecule has 11 aromatic carbocycles. The van der Waals surface area contributed by atoms with E-state index in [1.807, 2.05) is 36.9 Å². The van der Waals surface area contributed by atoms with E-state index in [9.17, 15) is 0 Å². The summed E-state index contributed by atoms with van der Waals surface area (Å²) < 4.78 is 0. The second kappa shape index (κ2) is 19.9. The monoisotopic (exact) mass is 1070 g/mol. The fourth-order valence-corrected chi connectivity index (χ4v) is 13.8. The predicted octanol–water partition coefficient (Wildman–Crippen LogP) is 19.1. The van der Waals surface area contributed by atoms with Crippen LogP contribution >= 0.6 is 0 Å². The van der Waals surface area contributed by atoms with Crippen molar-refractivity contribution in [2.24, 2.45) is 0 Å². The summed E-state index contributed by atoms with van der Waals surface area (Å²) in [4.78, 5) is 19.4. The summed E-state index contributed by atoms with van der Waals surface area (Å²) in [6.07, 6.45) is 7.49. The molecule has 2 aliphatic rings. The minimum absolute atomic E-state index is 0.565. The first kappa shape index (κ1) is 48.9. The van der Waals surface area contributed by atoms with Gasteiger partial charge in [0.05, 0.1) is 33.3 Å². The molecule has 3 heterocycles. The SMILES string of the molecule is c1ccc(C2(c3ccccc3)c3cc(-c4ccncc4)ccc3-c3ccc(-c4ccc(-c5nc6ccccc6nc5-c5ccc(-c6ccc7c(c6)C(c6ccccc6)(c6ccccc6)c6cc(-c8ccncc8)ccc6-7)cc5)cc4)cc32)cc1. The van der Waals surface area contributed by atoms with Crippen molar-refractivity contribution in [3.05, 3.63) is 360 Å². The average Bonchev–Trinajstić information content (AvgIpc) is 3.99. The van der Waals surface area contributed by atoms with Crippen LogP contribution in [0.4, 0.5) is 0 Å². The van der Waals surface area contributed by atoms with Gasteiger partial charge in [0, 0.05) is 35.9 Å². The van der Waals surface area contributed by atoms with Gasteiger partial charge in [0.2, 0.25) is 0 Å². The molecule has 0 saturated carbocycles. The molecule has 0 N–H and O–H groups in total. The molecule has 2 aliphatic carbocycles. The Balaban J connectivity index is 0.781. The van der Waals surface area contributed by atoms with Crippen LogP contribution in [0.5, 0.6) is 0 Å². The Hall–Kier alpha value is -10.9.